The molecule has 96 valence electrons. The minimum atomic E-state index is -3.29. The van der Waals surface area contributed by atoms with Crippen LogP contribution in [-0.2, 0) is 10.0 Å². The number of sulfonamides is 1. The van der Waals surface area contributed by atoms with Gasteiger partial charge in [-0.25, -0.2) is 8.42 Å². The first kappa shape index (κ1) is 14.1. The van der Waals surface area contributed by atoms with Crippen molar-refractivity contribution in [3.05, 3.63) is 22.7 Å². The Labute approximate surface area is 107 Å². The Morgan fingerprint density at radius 1 is 1.41 bits per heavy atom. The van der Waals surface area contributed by atoms with E-state index in [9.17, 15) is 8.42 Å². The van der Waals surface area contributed by atoms with Gasteiger partial charge >= 0.3 is 0 Å². The molecule has 0 amide bonds. The highest BCUT2D eigenvalue weighted by atomic mass is 35.5. The molecule has 1 N–H and O–H groups in total. The second-order valence-corrected chi connectivity index (χ2v) is 5.97. The number of ether oxygens (including phenoxy) is 1. The van der Waals surface area contributed by atoms with E-state index in [0.29, 0.717) is 22.9 Å². The van der Waals surface area contributed by atoms with Gasteiger partial charge in [-0.2, -0.15) is 0 Å². The number of anilines is 1. The molecule has 4 nitrogen and oxygen atoms in total. The van der Waals surface area contributed by atoms with Crippen LogP contribution in [0.3, 0.4) is 0 Å². The molecule has 1 aromatic carbocycles. The Bertz CT molecular complexity index is 500. The van der Waals surface area contributed by atoms with E-state index in [1.807, 2.05) is 6.92 Å². The minimum absolute atomic E-state index is 0.0933. The SMILES string of the molecule is CCCS(=O)(=O)Nc1cc(Cl)c(OC)cc1C. The smallest absolute Gasteiger partial charge is 0.232 e. The highest BCUT2D eigenvalue weighted by Gasteiger charge is 2.12. The van der Waals surface area contributed by atoms with Crippen molar-refractivity contribution >= 4 is 27.3 Å². The maximum atomic E-state index is 11.6. The van der Waals surface area contributed by atoms with Crippen LogP contribution in [0.4, 0.5) is 5.69 Å². The first-order chi connectivity index (χ1) is 7.89. The second kappa shape index (κ2) is 5.60. The fourth-order valence-electron chi connectivity index (χ4n) is 1.41. The van der Waals surface area contributed by atoms with Crippen molar-refractivity contribution in [2.45, 2.75) is 20.3 Å². The summed E-state index contributed by atoms with van der Waals surface area (Å²) in [5.74, 6) is 0.624. The lowest BCUT2D eigenvalue weighted by Gasteiger charge is -2.12. The molecule has 1 aromatic rings. The summed E-state index contributed by atoms with van der Waals surface area (Å²) in [6.07, 6.45) is 0.568. The van der Waals surface area contributed by atoms with E-state index in [1.165, 1.54) is 7.11 Å². The normalized spacial score (nSPS) is 11.3. The molecule has 0 aliphatic rings. The van der Waals surface area contributed by atoms with Crippen LogP contribution in [0.5, 0.6) is 5.75 Å². The highest BCUT2D eigenvalue weighted by molar-refractivity contribution is 7.92. The predicted molar refractivity (Wildman–Crippen MR) is 70.4 cm³/mol. The summed E-state index contributed by atoms with van der Waals surface area (Å²) in [5, 5.41) is 0.382. The maximum Gasteiger partial charge on any atom is 0.232 e. The maximum absolute atomic E-state index is 11.6. The molecule has 1 rings (SSSR count). The van der Waals surface area contributed by atoms with Gasteiger partial charge < -0.3 is 4.74 Å². The van der Waals surface area contributed by atoms with E-state index in [2.05, 4.69) is 4.72 Å². The molecule has 0 radical (unpaired) electrons. The molecule has 17 heavy (non-hydrogen) atoms. The van der Waals surface area contributed by atoms with Crippen LogP contribution in [0, 0.1) is 6.92 Å². The molecule has 6 heteroatoms. The van der Waals surface area contributed by atoms with Gasteiger partial charge in [0.25, 0.3) is 0 Å². The molecule has 0 spiro atoms. The number of hydrogen-bond donors (Lipinski definition) is 1. The van der Waals surface area contributed by atoms with Crippen LogP contribution < -0.4 is 9.46 Å². The molecule has 0 heterocycles. The Morgan fingerprint density at radius 2 is 2.06 bits per heavy atom. The summed E-state index contributed by atoms with van der Waals surface area (Å²) in [5.41, 5.74) is 1.26. The van der Waals surface area contributed by atoms with Gasteiger partial charge in [-0.15, -0.1) is 0 Å². The lowest BCUT2D eigenvalue weighted by atomic mass is 10.2. The fraction of sp³-hybridized carbons (Fsp3) is 0.455. The van der Waals surface area contributed by atoms with Crippen molar-refractivity contribution < 1.29 is 13.2 Å². The quantitative estimate of drug-likeness (QED) is 0.900. The van der Waals surface area contributed by atoms with Crippen molar-refractivity contribution in [2.24, 2.45) is 0 Å². The molecule has 0 unspecified atom stereocenters. The monoisotopic (exact) mass is 277 g/mol. The number of hydrogen-bond acceptors (Lipinski definition) is 3. The largest absolute Gasteiger partial charge is 0.495 e. The standard InChI is InChI=1S/C11H16ClNO3S/c1-4-5-17(14,15)13-10-7-9(12)11(16-3)6-8(10)2/h6-7,13H,4-5H2,1-3H3. The average Bonchev–Trinajstić information content (AvgIpc) is 2.22. The first-order valence-corrected chi connectivity index (χ1v) is 7.27. The summed E-state index contributed by atoms with van der Waals surface area (Å²) in [6, 6.07) is 3.26. The third-order valence-corrected chi connectivity index (χ3v) is 4.01. The zero-order valence-corrected chi connectivity index (χ0v) is 11.7. The van der Waals surface area contributed by atoms with Gasteiger partial charge in [0.15, 0.2) is 0 Å². The third-order valence-electron chi connectivity index (χ3n) is 2.24. The van der Waals surface area contributed by atoms with Crippen LogP contribution in [0.15, 0.2) is 12.1 Å². The van der Waals surface area contributed by atoms with Crippen LogP contribution in [0.2, 0.25) is 5.02 Å². The molecule has 0 saturated heterocycles. The van der Waals surface area contributed by atoms with Gasteiger partial charge in [-0.1, -0.05) is 18.5 Å². The van der Waals surface area contributed by atoms with Crippen molar-refractivity contribution in [2.75, 3.05) is 17.6 Å². The average molecular weight is 278 g/mol. The zero-order chi connectivity index (χ0) is 13.1. The molecular formula is C11H16ClNO3S. The minimum Gasteiger partial charge on any atom is -0.495 e. The summed E-state index contributed by atoms with van der Waals surface area (Å²) >= 11 is 5.95. The molecule has 0 aliphatic heterocycles. The van der Waals surface area contributed by atoms with E-state index in [-0.39, 0.29) is 5.75 Å². The first-order valence-electron chi connectivity index (χ1n) is 5.24. The Morgan fingerprint density at radius 3 is 2.59 bits per heavy atom. The fourth-order valence-corrected chi connectivity index (χ4v) is 2.84. The topological polar surface area (TPSA) is 55.4 Å². The lowest BCUT2D eigenvalue weighted by Crippen LogP contribution is -2.16. The van der Waals surface area contributed by atoms with Gasteiger partial charge in [-0.3, -0.25) is 4.72 Å². The zero-order valence-electron chi connectivity index (χ0n) is 10.1. The number of nitrogens with one attached hydrogen (secondary N) is 1. The Kier molecular flexibility index (Phi) is 4.65. The van der Waals surface area contributed by atoms with E-state index in [0.717, 1.165) is 5.56 Å². The molecule has 0 aliphatic carbocycles. The van der Waals surface area contributed by atoms with E-state index >= 15 is 0 Å². The van der Waals surface area contributed by atoms with Crippen LogP contribution >= 0.6 is 11.6 Å². The van der Waals surface area contributed by atoms with E-state index in [1.54, 1.807) is 19.1 Å². The molecule has 0 atom stereocenters. The summed E-state index contributed by atoms with van der Waals surface area (Å²) in [7, 11) is -1.78. The molecule has 0 saturated carbocycles. The number of methoxy groups -OCH3 is 1. The van der Waals surface area contributed by atoms with Gasteiger partial charge in [-0.05, 0) is 31.0 Å². The number of benzene rings is 1. The van der Waals surface area contributed by atoms with Crippen LogP contribution in [0.25, 0.3) is 0 Å². The van der Waals surface area contributed by atoms with Gasteiger partial charge in [0.1, 0.15) is 5.75 Å². The lowest BCUT2D eigenvalue weighted by molar-refractivity contribution is 0.415. The van der Waals surface area contributed by atoms with Crippen molar-refractivity contribution in [1.29, 1.82) is 0 Å². The van der Waals surface area contributed by atoms with Gasteiger partial charge in [0, 0.05) is 0 Å². The van der Waals surface area contributed by atoms with Gasteiger partial charge in [0.2, 0.25) is 10.0 Å². The number of rotatable bonds is 5. The van der Waals surface area contributed by atoms with Crippen molar-refractivity contribution in [3.8, 4) is 5.75 Å². The number of aryl methyl sites for hydroxylation is 1. The second-order valence-electron chi connectivity index (χ2n) is 3.72. The highest BCUT2D eigenvalue weighted by Crippen LogP contribution is 2.31. The predicted octanol–water partition coefficient (Wildman–Crippen LogP) is 2.81. The molecule has 0 fully saturated rings. The van der Waals surface area contributed by atoms with E-state index < -0.39 is 10.0 Å². The Balaban J connectivity index is 3.04. The molecule has 0 aromatic heterocycles. The summed E-state index contributed by atoms with van der Waals surface area (Å²) in [6.45, 7) is 3.61. The number of halogens is 1. The van der Waals surface area contributed by atoms with Crippen LogP contribution in [0.1, 0.15) is 18.9 Å². The Hall–Kier alpha value is -0.940. The van der Waals surface area contributed by atoms with Gasteiger partial charge in [0.05, 0.1) is 23.6 Å². The summed E-state index contributed by atoms with van der Waals surface area (Å²) < 4.78 is 30.8. The molecular weight excluding hydrogens is 262 g/mol. The van der Waals surface area contributed by atoms with Crippen molar-refractivity contribution in [1.82, 2.24) is 0 Å². The van der Waals surface area contributed by atoms with E-state index in [4.69, 9.17) is 16.3 Å². The third kappa shape index (κ3) is 3.78. The van der Waals surface area contributed by atoms with Crippen molar-refractivity contribution in [3.63, 3.8) is 0 Å². The van der Waals surface area contributed by atoms with Crippen LogP contribution in [-0.4, -0.2) is 21.3 Å². The summed E-state index contributed by atoms with van der Waals surface area (Å²) in [4.78, 5) is 0. The molecule has 0 bridgehead atoms.